The molecule has 2 aliphatic carbocycles. The van der Waals surface area contributed by atoms with E-state index in [2.05, 4.69) is 19.1 Å². The van der Waals surface area contributed by atoms with Gasteiger partial charge in [-0.1, -0.05) is 31.5 Å². The molecule has 0 saturated heterocycles. The van der Waals surface area contributed by atoms with E-state index in [0.29, 0.717) is 76.6 Å². The Labute approximate surface area is 591 Å². The van der Waals surface area contributed by atoms with Crippen LogP contribution in [-0.4, -0.2) is 140 Å². The van der Waals surface area contributed by atoms with Crippen LogP contribution in [0, 0.1) is 7.43 Å². The molecule has 2 atom stereocenters. The number of carbonyl (C=O) groups is 7. The minimum atomic E-state index is -0.542. The Hall–Kier alpha value is -9.32. The van der Waals surface area contributed by atoms with E-state index in [-0.39, 0.29) is 88.5 Å². The minimum Gasteiger partial charge on any atom is -0.492 e. The number of carbonyl (C=O) groups excluding carboxylic acids is 9. The number of amides is 3. The Morgan fingerprint density at radius 3 is 1.11 bits per heavy atom. The maximum absolute atomic E-state index is 12.5. The molecule has 21 nitrogen and oxygen atoms in total. The van der Waals surface area contributed by atoms with Gasteiger partial charge in [0.1, 0.15) is 93.8 Å². The number of hydrogen-bond acceptors (Lipinski definition) is 18. The average Bonchev–Trinajstić information content (AvgIpc) is 1.69. The Bertz CT molecular complexity index is 4190. The molecule has 0 radical (unpaired) electrons. The van der Waals surface area contributed by atoms with Crippen molar-refractivity contribution >= 4 is 113 Å². The normalized spacial score (nSPS) is 14.7. The van der Waals surface area contributed by atoms with Crippen LogP contribution in [0.4, 0.5) is 14.4 Å². The number of hydrogen-bond donors (Lipinski definition) is 0. The summed E-state index contributed by atoms with van der Waals surface area (Å²) in [5.74, 6) is 1.46. The molecule has 528 valence electrons. The second-order valence-corrected chi connectivity index (χ2v) is 27.2. The van der Waals surface area contributed by atoms with Crippen LogP contribution in [0.2, 0.25) is 0 Å². The summed E-state index contributed by atoms with van der Waals surface area (Å²) in [5.41, 5.74) is 3.71. The topological polar surface area (TPSA) is 258 Å². The van der Waals surface area contributed by atoms with Gasteiger partial charge in [-0.05, 0) is 192 Å². The third-order valence-electron chi connectivity index (χ3n) is 16.1. The van der Waals surface area contributed by atoms with Gasteiger partial charge in [0.2, 0.25) is 0 Å². The second-order valence-electron chi connectivity index (χ2n) is 27.2. The summed E-state index contributed by atoms with van der Waals surface area (Å²) in [6.45, 7) is 21.0. The van der Waals surface area contributed by atoms with Crippen LogP contribution in [0.25, 0.3) is 65.2 Å². The number of Topliss-reactive ketones (excluding diaryl/α,β-unsaturated/α-hetero) is 4. The maximum atomic E-state index is 12.5. The molecule has 9 aromatic rings. The van der Waals surface area contributed by atoms with Crippen molar-refractivity contribution < 1.29 is 106 Å². The number of rotatable bonds is 16. The van der Waals surface area contributed by atoms with E-state index in [1.54, 1.807) is 33.7 Å². The van der Waals surface area contributed by atoms with Crippen molar-refractivity contribution in [3.8, 4) is 17.2 Å². The first-order valence-corrected chi connectivity index (χ1v) is 32.5. The van der Waals surface area contributed by atoms with Crippen molar-refractivity contribution in [2.75, 3.05) is 60.6 Å². The van der Waals surface area contributed by atoms with Crippen molar-refractivity contribution in [3.63, 3.8) is 0 Å². The van der Waals surface area contributed by atoms with Gasteiger partial charge in [-0.25, -0.2) is 14.4 Å². The molecular formula is C77H90N3O18W-. The number of furan rings is 3. The molecule has 0 bridgehead atoms. The summed E-state index contributed by atoms with van der Waals surface area (Å²) >= 11 is 0. The molecule has 0 aliphatic heterocycles. The fourth-order valence-corrected chi connectivity index (χ4v) is 11.5. The predicted octanol–water partition coefficient (Wildman–Crippen LogP) is 16.1. The first-order valence-electron chi connectivity index (χ1n) is 32.5. The van der Waals surface area contributed by atoms with E-state index < -0.39 is 29.0 Å². The number of ether oxygens (including phenoxy) is 6. The van der Waals surface area contributed by atoms with E-state index in [1.165, 1.54) is 31.0 Å². The van der Waals surface area contributed by atoms with Crippen molar-refractivity contribution in [2.24, 2.45) is 0 Å². The van der Waals surface area contributed by atoms with Gasteiger partial charge in [-0.15, -0.1) is 0 Å². The van der Waals surface area contributed by atoms with Gasteiger partial charge in [0.05, 0.1) is 51.3 Å². The molecule has 2 saturated carbocycles. The maximum Gasteiger partial charge on any atom is 0.410 e. The first-order chi connectivity index (χ1) is 45.9. The van der Waals surface area contributed by atoms with Crippen molar-refractivity contribution in [1.29, 1.82) is 0 Å². The van der Waals surface area contributed by atoms with Crippen LogP contribution in [0.3, 0.4) is 0 Å². The molecule has 6 aromatic carbocycles. The number of ketones is 4. The standard InChI is InChI=1S/2C26H29NO6.C23H29NO4.CO2.CH3.W/c2*1-26(2,3)33-25(30)27(4)11-12-31-18-7-9-19-16(13-18)5-10-23-24(19)21(15-32-23)20-8-6-17(28)14-22(20)29;1-6-7-17-15-27-20-11-8-16-14-18(9-10-19(16)21(17)20)26-13-12-24(5)22(25)28-23(2,3)4;2-1-3;;/h2*5,7,9-10,13,15,20H,6,8,11-12,14H2,1-4H3;8-11,14-15H,6-7,12-13H2,1-5H3;;1H3;/q;;;;-1;. The van der Waals surface area contributed by atoms with Crippen LogP contribution >= 0.6 is 0 Å². The molecule has 2 aliphatic rings. The van der Waals surface area contributed by atoms with Gasteiger partial charge in [0.15, 0.2) is 0 Å². The smallest absolute Gasteiger partial charge is 0.410 e. The number of aryl methyl sites for hydroxylation is 1. The number of likely N-dealkylation sites (N-methyl/N-ethyl adjacent to an activating group) is 3. The summed E-state index contributed by atoms with van der Waals surface area (Å²) in [6.07, 6.45) is 8.26. The molecule has 99 heavy (non-hydrogen) atoms. The van der Waals surface area contributed by atoms with Crippen LogP contribution in [0.1, 0.15) is 143 Å². The van der Waals surface area contributed by atoms with Crippen molar-refractivity contribution in [2.45, 2.75) is 149 Å². The number of benzene rings is 6. The monoisotopic (exact) mass is 1530 g/mol. The van der Waals surface area contributed by atoms with E-state index >= 15 is 0 Å². The first kappa shape index (κ1) is 78.7. The zero-order chi connectivity index (χ0) is 70.5. The van der Waals surface area contributed by atoms with Crippen molar-refractivity contribution in [1.82, 2.24) is 14.7 Å². The Kier molecular flexibility index (Phi) is 27.4. The van der Waals surface area contributed by atoms with Gasteiger partial charge >= 0.3 is 24.4 Å². The molecule has 3 heterocycles. The summed E-state index contributed by atoms with van der Waals surface area (Å²) in [6, 6.07) is 29.4. The summed E-state index contributed by atoms with van der Waals surface area (Å²) in [5, 5.41) is 9.17. The second kappa shape index (κ2) is 34.4. The molecule has 3 aromatic heterocycles. The fourth-order valence-electron chi connectivity index (χ4n) is 11.5. The minimum absolute atomic E-state index is 0. The van der Waals surface area contributed by atoms with E-state index in [9.17, 15) is 33.6 Å². The molecule has 0 N–H and O–H groups in total. The SMILES string of the molecule is CCCc1coc2ccc3cc(OCCN(C)C(=O)OC(C)(C)C)ccc3c12.CN(CCOc1ccc2c(ccc3occ(C4CCC(=O)CC4=O)c32)c1)C(=O)OC(C)(C)C.CN(CCOc1ccc2c(ccc3occ(C4CCC(=O)CC4=O)c32)c1)C(=O)OC(C)(C)C.O=C=O.[CH3-].[W]. The quantitative estimate of drug-likeness (QED) is 0.0494. The van der Waals surface area contributed by atoms with Gasteiger partial charge in [-0.3, -0.25) is 19.2 Å². The van der Waals surface area contributed by atoms with Gasteiger partial charge in [-0.2, -0.15) is 9.59 Å². The molecule has 3 amide bonds. The Morgan fingerprint density at radius 2 is 0.798 bits per heavy atom. The summed E-state index contributed by atoms with van der Waals surface area (Å²) in [4.78, 5) is 105. The summed E-state index contributed by atoms with van der Waals surface area (Å²) < 4.78 is 50.8. The average molecular weight is 1530 g/mol. The van der Waals surface area contributed by atoms with Gasteiger partial charge in [0.25, 0.3) is 0 Å². The van der Waals surface area contributed by atoms with Gasteiger partial charge < -0.3 is 63.8 Å². The van der Waals surface area contributed by atoms with Crippen LogP contribution in [0.15, 0.2) is 123 Å². The fraction of sp³-hybridized carbons (Fsp3) is 0.416. The van der Waals surface area contributed by atoms with Crippen molar-refractivity contribution in [3.05, 3.63) is 134 Å². The Balaban J connectivity index is 0.000000228. The molecule has 2 unspecified atom stereocenters. The van der Waals surface area contributed by atoms with E-state index in [4.69, 9.17) is 51.3 Å². The third kappa shape index (κ3) is 21.1. The molecule has 11 rings (SSSR count). The molecule has 2 fully saturated rings. The summed E-state index contributed by atoms with van der Waals surface area (Å²) in [7, 11) is 5.06. The van der Waals surface area contributed by atoms with E-state index in [0.717, 1.165) is 84.2 Å². The van der Waals surface area contributed by atoms with Crippen LogP contribution in [-0.2, 0) is 70.5 Å². The number of nitrogens with zero attached hydrogens (tertiary/aromatic N) is 3. The van der Waals surface area contributed by atoms with E-state index in [1.807, 2.05) is 147 Å². The largest absolute Gasteiger partial charge is 0.492 e. The zero-order valence-electron chi connectivity index (χ0n) is 59.0. The van der Waals surface area contributed by atoms with Crippen LogP contribution in [0.5, 0.6) is 17.2 Å². The zero-order valence-corrected chi connectivity index (χ0v) is 62.0. The number of fused-ring (bicyclic) bond motifs is 9. The Morgan fingerprint density at radius 1 is 0.485 bits per heavy atom. The third-order valence-corrected chi connectivity index (χ3v) is 16.1. The van der Waals surface area contributed by atoms with Gasteiger partial charge in [0, 0.05) is 94.2 Å². The molecule has 22 heteroatoms. The predicted molar refractivity (Wildman–Crippen MR) is 373 cm³/mol. The van der Waals surface area contributed by atoms with Crippen LogP contribution < -0.4 is 14.2 Å². The molecule has 0 spiro atoms. The molecular weight excluding hydrogens is 1440 g/mol.